The molecule has 1 aromatic carbocycles. The first kappa shape index (κ1) is 31.2. The monoisotopic (exact) mass is 641 g/mol. The van der Waals surface area contributed by atoms with Crippen LogP contribution in [0.3, 0.4) is 0 Å². The van der Waals surface area contributed by atoms with Crippen LogP contribution in [0, 0.1) is 46.8 Å². The Kier molecular flexibility index (Phi) is 6.95. The molecule has 8 rings (SSSR count). The van der Waals surface area contributed by atoms with Crippen molar-refractivity contribution in [2.45, 2.75) is 101 Å². The molecular formula is C34H43NO9S. The van der Waals surface area contributed by atoms with Crippen molar-refractivity contribution in [2.24, 2.45) is 39.9 Å². The summed E-state index contributed by atoms with van der Waals surface area (Å²) >= 11 is 0. The minimum Gasteiger partial charge on any atom is -0.460 e. The molecule has 3 N–H and O–H groups in total. The molecule has 7 aliphatic rings. The lowest BCUT2D eigenvalue weighted by Gasteiger charge is -2.73. The zero-order valence-electron chi connectivity index (χ0n) is 26.1. The van der Waals surface area contributed by atoms with Crippen molar-refractivity contribution in [2.75, 3.05) is 6.61 Å². The first-order valence-electron chi connectivity index (χ1n) is 16.2. The van der Waals surface area contributed by atoms with Crippen molar-refractivity contribution in [3.05, 3.63) is 42.0 Å². The summed E-state index contributed by atoms with van der Waals surface area (Å²) in [6.07, 6.45) is 0.710. The number of aliphatic hydroxyl groups is 2. The molecule has 4 bridgehead atoms. The SMILES string of the molecule is C=C1C(=O)[C@]23[C@H](OC(=O)C4CCC(NS(=O)(=O)c5ccc(C)cc5)CC4)[C@H]1CC[C@H]2[C@@]12CO[C@]3(O)[C@@H](O)[C@@H]1C(C)(C)CCC2=O. The van der Waals surface area contributed by atoms with E-state index in [2.05, 4.69) is 11.3 Å². The predicted molar refractivity (Wildman–Crippen MR) is 161 cm³/mol. The van der Waals surface area contributed by atoms with Gasteiger partial charge in [0.15, 0.2) is 5.78 Å². The normalized spacial score (nSPS) is 43.5. The lowest BCUT2D eigenvalue weighted by molar-refractivity contribution is -0.437. The van der Waals surface area contributed by atoms with E-state index in [-0.39, 0.29) is 35.3 Å². The van der Waals surface area contributed by atoms with E-state index in [4.69, 9.17) is 9.47 Å². The molecule has 0 radical (unpaired) electrons. The van der Waals surface area contributed by atoms with Crippen molar-refractivity contribution >= 4 is 27.6 Å². The van der Waals surface area contributed by atoms with E-state index in [9.17, 15) is 33.0 Å². The van der Waals surface area contributed by atoms with E-state index < -0.39 is 79.7 Å². The molecule has 0 amide bonds. The fraction of sp³-hybridized carbons (Fsp3) is 0.676. The maximum Gasteiger partial charge on any atom is 0.309 e. The van der Waals surface area contributed by atoms with Gasteiger partial charge in [0.2, 0.25) is 15.8 Å². The number of esters is 1. The third kappa shape index (κ3) is 4.00. The van der Waals surface area contributed by atoms with Gasteiger partial charge in [0.05, 0.1) is 22.8 Å². The van der Waals surface area contributed by atoms with Gasteiger partial charge >= 0.3 is 5.97 Å². The molecular weight excluding hydrogens is 598 g/mol. The van der Waals surface area contributed by atoms with E-state index in [0.29, 0.717) is 44.9 Å². The van der Waals surface area contributed by atoms with Crippen molar-refractivity contribution in [1.82, 2.24) is 4.72 Å². The standard InChI is InChI=1S/C34H43NO9S/c1-18-5-11-22(12-6-18)45(41,42)35-21-9-7-20(8-10-21)30(39)44-29-23-13-14-24-32-17-43-34(40,33(24,29)27(37)19(23)2)28(38)26(32)31(3,4)16-15-25(32)36/h5-6,11-12,20-21,23-24,26,28-29,35,38,40H,2,7-10,13-17H2,1,3-4H3/t20?,21?,23-,24-,26+,28-,29+,32+,33-,34+/m0/s1. The number of carbonyl (C=O) groups excluding carboxylic acids is 3. The van der Waals surface area contributed by atoms with Crippen molar-refractivity contribution in [3.63, 3.8) is 0 Å². The van der Waals surface area contributed by atoms with Crippen molar-refractivity contribution in [1.29, 1.82) is 0 Å². The first-order chi connectivity index (χ1) is 21.1. The van der Waals surface area contributed by atoms with E-state index in [0.717, 1.165) is 5.56 Å². The van der Waals surface area contributed by atoms with E-state index in [1.54, 1.807) is 24.3 Å². The molecule has 2 spiro atoms. The molecule has 8 atom stereocenters. The van der Waals surface area contributed by atoms with E-state index in [1.165, 1.54) is 0 Å². The van der Waals surface area contributed by atoms with Crippen LogP contribution in [-0.4, -0.2) is 66.8 Å². The minimum atomic E-state index is -3.72. The number of rotatable bonds is 5. The second kappa shape index (κ2) is 10.0. The number of sulfonamides is 1. The van der Waals surface area contributed by atoms with Gasteiger partial charge in [-0.25, -0.2) is 13.1 Å². The topological polar surface area (TPSA) is 156 Å². The summed E-state index contributed by atoms with van der Waals surface area (Å²) in [6.45, 7) is 9.83. The molecule has 7 fully saturated rings. The summed E-state index contributed by atoms with van der Waals surface area (Å²) in [5.74, 6) is -5.81. The van der Waals surface area contributed by atoms with Gasteiger partial charge in [-0.3, -0.25) is 14.4 Å². The molecule has 2 heterocycles. The Bertz CT molecular complexity index is 1580. The third-order valence-corrected chi connectivity index (χ3v) is 14.1. The maximum atomic E-state index is 14.3. The Morgan fingerprint density at radius 2 is 1.73 bits per heavy atom. The summed E-state index contributed by atoms with van der Waals surface area (Å²) in [5, 5.41) is 24.2. The average Bonchev–Trinajstić information content (AvgIpc) is 3.10. The Labute approximate surface area is 264 Å². The van der Waals surface area contributed by atoms with Gasteiger partial charge in [-0.05, 0) is 80.9 Å². The molecule has 1 aromatic rings. The summed E-state index contributed by atoms with van der Waals surface area (Å²) < 4.78 is 40.9. The van der Waals surface area contributed by atoms with Gasteiger partial charge < -0.3 is 19.7 Å². The van der Waals surface area contributed by atoms with Crippen LogP contribution in [0.1, 0.15) is 70.8 Å². The maximum absolute atomic E-state index is 14.3. The lowest BCUT2D eigenvalue weighted by Crippen LogP contribution is -2.85. The fourth-order valence-electron chi connectivity index (χ4n) is 10.4. The Hall–Kier alpha value is -2.44. The predicted octanol–water partition coefficient (Wildman–Crippen LogP) is 2.98. The highest BCUT2D eigenvalue weighted by molar-refractivity contribution is 7.89. The molecule has 244 valence electrons. The zero-order chi connectivity index (χ0) is 32.3. The third-order valence-electron chi connectivity index (χ3n) is 12.6. The number of aliphatic hydroxyl groups excluding tert-OH is 1. The number of aryl methyl sites for hydroxylation is 1. The molecule has 0 unspecified atom stereocenters. The molecule has 5 saturated carbocycles. The van der Waals surface area contributed by atoms with Gasteiger partial charge in [0.25, 0.3) is 0 Å². The Morgan fingerprint density at radius 3 is 2.40 bits per heavy atom. The second-order valence-electron chi connectivity index (χ2n) is 15.2. The number of fused-ring (bicyclic) bond motifs is 2. The smallest absolute Gasteiger partial charge is 0.309 e. The van der Waals surface area contributed by atoms with Gasteiger partial charge in [-0.15, -0.1) is 0 Å². The summed E-state index contributed by atoms with van der Waals surface area (Å²) in [6, 6.07) is 6.28. The second-order valence-corrected chi connectivity index (χ2v) is 16.9. The van der Waals surface area contributed by atoms with Crippen LogP contribution >= 0.6 is 0 Å². The minimum absolute atomic E-state index is 0.0720. The summed E-state index contributed by atoms with van der Waals surface area (Å²) in [7, 11) is -3.72. The molecule has 2 aliphatic heterocycles. The van der Waals surface area contributed by atoms with Crippen LogP contribution < -0.4 is 4.72 Å². The van der Waals surface area contributed by atoms with Crippen LogP contribution in [0.25, 0.3) is 0 Å². The van der Waals surface area contributed by atoms with Crippen LogP contribution in [0.15, 0.2) is 41.3 Å². The average molecular weight is 642 g/mol. The number of Topliss-reactive ketones (excluding diaryl/α,β-unsaturated/α-hetero) is 2. The molecule has 10 nitrogen and oxygen atoms in total. The van der Waals surface area contributed by atoms with Crippen LogP contribution in [0.2, 0.25) is 0 Å². The molecule has 2 saturated heterocycles. The van der Waals surface area contributed by atoms with Crippen LogP contribution in [-0.2, 0) is 33.9 Å². The quantitative estimate of drug-likeness (QED) is 0.325. The molecule has 0 aromatic heterocycles. The number of hydrogen-bond donors (Lipinski definition) is 3. The lowest BCUT2D eigenvalue weighted by atomic mass is 9.36. The highest BCUT2D eigenvalue weighted by atomic mass is 32.2. The van der Waals surface area contributed by atoms with Gasteiger partial charge in [-0.2, -0.15) is 0 Å². The van der Waals surface area contributed by atoms with Crippen LogP contribution in [0.5, 0.6) is 0 Å². The van der Waals surface area contributed by atoms with Crippen LogP contribution in [0.4, 0.5) is 0 Å². The van der Waals surface area contributed by atoms with Crippen molar-refractivity contribution < 1.29 is 42.5 Å². The number of hydrogen-bond acceptors (Lipinski definition) is 9. The first-order valence-corrected chi connectivity index (χ1v) is 17.7. The Morgan fingerprint density at radius 1 is 1.07 bits per heavy atom. The van der Waals surface area contributed by atoms with Gasteiger partial charge in [0.1, 0.15) is 23.4 Å². The fourth-order valence-corrected chi connectivity index (χ4v) is 11.7. The highest BCUT2D eigenvalue weighted by Crippen LogP contribution is 2.76. The summed E-state index contributed by atoms with van der Waals surface area (Å²) in [5.41, 5.74) is -2.32. The van der Waals surface area contributed by atoms with Gasteiger partial charge in [-0.1, -0.05) is 38.1 Å². The number of nitrogens with one attached hydrogen (secondary N) is 1. The number of ether oxygens (including phenoxy) is 2. The van der Waals surface area contributed by atoms with Crippen molar-refractivity contribution in [3.8, 4) is 0 Å². The molecule has 5 aliphatic carbocycles. The number of ketones is 2. The van der Waals surface area contributed by atoms with E-state index in [1.807, 2.05) is 20.8 Å². The largest absolute Gasteiger partial charge is 0.460 e. The van der Waals surface area contributed by atoms with E-state index >= 15 is 0 Å². The van der Waals surface area contributed by atoms with Gasteiger partial charge in [0, 0.05) is 24.3 Å². The molecule has 11 heteroatoms. The summed E-state index contributed by atoms with van der Waals surface area (Å²) in [4.78, 5) is 42.2. The Balaban J connectivity index is 1.14. The molecule has 45 heavy (non-hydrogen) atoms. The highest BCUT2D eigenvalue weighted by Gasteiger charge is 2.88. The number of carbonyl (C=O) groups is 3. The zero-order valence-corrected chi connectivity index (χ0v) is 26.9. The number of benzene rings is 1.